The van der Waals surface area contributed by atoms with Crippen LogP contribution in [0.3, 0.4) is 0 Å². The van der Waals surface area contributed by atoms with Crippen molar-refractivity contribution in [2.45, 2.75) is 65.6 Å². The van der Waals surface area contributed by atoms with Gasteiger partial charge >= 0.3 is 0 Å². The molecule has 16 heavy (non-hydrogen) atoms. The Hall–Kier alpha value is -0.210. The highest BCUT2D eigenvalue weighted by molar-refractivity contribution is 4.81. The van der Waals surface area contributed by atoms with Gasteiger partial charge in [0.25, 0.3) is 0 Å². The summed E-state index contributed by atoms with van der Waals surface area (Å²) in [5.74, 6) is 1.18. The molecule has 0 aromatic heterocycles. The second-order valence-corrected chi connectivity index (χ2v) is 5.52. The third kappa shape index (κ3) is 5.22. The molecule has 0 aliphatic heterocycles. The van der Waals surface area contributed by atoms with Gasteiger partial charge in [0.05, 0.1) is 18.6 Å². The van der Waals surface area contributed by atoms with Crippen LogP contribution in [0.2, 0.25) is 0 Å². The maximum atomic E-state index is 6.06. The number of nitrogens with two attached hydrogens (primary N) is 1. The molecule has 2 heteroatoms. The van der Waals surface area contributed by atoms with E-state index in [1.165, 1.54) is 6.42 Å². The summed E-state index contributed by atoms with van der Waals surface area (Å²) >= 11 is 0. The molecule has 0 spiro atoms. The van der Waals surface area contributed by atoms with Crippen molar-refractivity contribution in [2.75, 3.05) is 6.54 Å². The molecular weight excluding hydrogens is 198 g/mol. The van der Waals surface area contributed by atoms with Crippen molar-refractivity contribution in [2.24, 2.45) is 17.6 Å². The second-order valence-electron chi connectivity index (χ2n) is 5.52. The standard InChI is InChI=1S/C14H30NO/c1-7-12(3)16-14(5,6)13(4)11(2)9-8-10-15/h11-13H,1,7-10,15H2,2-6H3/q+1. The summed E-state index contributed by atoms with van der Waals surface area (Å²) in [4.78, 5) is 0. The molecule has 0 bridgehead atoms. The molecule has 0 amide bonds. The van der Waals surface area contributed by atoms with E-state index in [0.29, 0.717) is 11.8 Å². The topological polar surface area (TPSA) is 35.2 Å². The largest absolute Gasteiger partial charge is 0.368 e. The lowest BCUT2D eigenvalue weighted by Gasteiger charge is -2.37. The van der Waals surface area contributed by atoms with Gasteiger partial charge in [0.1, 0.15) is 6.42 Å². The first-order valence-corrected chi connectivity index (χ1v) is 6.52. The van der Waals surface area contributed by atoms with Crippen LogP contribution in [0.25, 0.3) is 0 Å². The lowest BCUT2D eigenvalue weighted by molar-refractivity contribution is -0.106. The summed E-state index contributed by atoms with van der Waals surface area (Å²) in [7, 11) is 0. The van der Waals surface area contributed by atoms with Gasteiger partial charge in [0.15, 0.2) is 0 Å². The van der Waals surface area contributed by atoms with Crippen LogP contribution < -0.4 is 5.73 Å². The first kappa shape index (κ1) is 15.8. The van der Waals surface area contributed by atoms with E-state index in [0.717, 1.165) is 19.4 Å². The summed E-state index contributed by atoms with van der Waals surface area (Å²) in [5.41, 5.74) is 5.47. The van der Waals surface area contributed by atoms with E-state index in [1.54, 1.807) is 0 Å². The molecule has 0 fully saturated rings. The Morgan fingerprint density at radius 1 is 1.25 bits per heavy atom. The zero-order valence-electron chi connectivity index (χ0n) is 11.8. The van der Waals surface area contributed by atoms with E-state index >= 15 is 0 Å². The maximum absolute atomic E-state index is 6.06. The van der Waals surface area contributed by atoms with E-state index in [-0.39, 0.29) is 11.7 Å². The Morgan fingerprint density at radius 2 is 1.81 bits per heavy atom. The second kappa shape index (κ2) is 7.18. The Labute approximate surface area is 102 Å². The Kier molecular flexibility index (Phi) is 7.09. The van der Waals surface area contributed by atoms with Gasteiger partial charge in [0.2, 0.25) is 0 Å². The molecule has 2 N–H and O–H groups in total. The van der Waals surface area contributed by atoms with E-state index in [4.69, 9.17) is 10.5 Å². The predicted octanol–water partition coefficient (Wildman–Crippen LogP) is 3.41. The van der Waals surface area contributed by atoms with Crippen LogP contribution in [0.1, 0.15) is 53.9 Å². The zero-order valence-corrected chi connectivity index (χ0v) is 11.8. The Morgan fingerprint density at radius 3 is 2.25 bits per heavy atom. The van der Waals surface area contributed by atoms with Crippen molar-refractivity contribution in [3.63, 3.8) is 0 Å². The van der Waals surface area contributed by atoms with Gasteiger partial charge in [-0.2, -0.15) is 0 Å². The van der Waals surface area contributed by atoms with E-state index < -0.39 is 0 Å². The molecule has 0 radical (unpaired) electrons. The third-order valence-corrected chi connectivity index (χ3v) is 3.73. The van der Waals surface area contributed by atoms with Crippen molar-refractivity contribution in [3.05, 3.63) is 6.92 Å². The zero-order chi connectivity index (χ0) is 12.8. The Bertz CT molecular complexity index is 180. The van der Waals surface area contributed by atoms with Gasteiger partial charge in [-0.15, -0.1) is 0 Å². The van der Waals surface area contributed by atoms with Gasteiger partial charge in [-0.3, -0.25) is 0 Å². The number of hydrogen-bond acceptors (Lipinski definition) is 2. The summed E-state index contributed by atoms with van der Waals surface area (Å²) < 4.78 is 6.06. The van der Waals surface area contributed by atoms with Crippen LogP contribution in [0, 0.1) is 18.8 Å². The third-order valence-electron chi connectivity index (χ3n) is 3.73. The van der Waals surface area contributed by atoms with Gasteiger partial charge in [-0.1, -0.05) is 13.8 Å². The van der Waals surface area contributed by atoms with Gasteiger partial charge in [0, 0.05) is 0 Å². The molecule has 0 aromatic carbocycles. The van der Waals surface area contributed by atoms with E-state index in [2.05, 4.69) is 41.5 Å². The number of hydrogen-bond donors (Lipinski definition) is 1. The summed E-state index contributed by atoms with van der Waals surface area (Å²) in [6.07, 6.45) is 3.35. The van der Waals surface area contributed by atoms with E-state index in [9.17, 15) is 0 Å². The number of ether oxygens (including phenoxy) is 1. The van der Waals surface area contributed by atoms with Crippen molar-refractivity contribution >= 4 is 0 Å². The average molecular weight is 228 g/mol. The van der Waals surface area contributed by atoms with Crippen molar-refractivity contribution < 1.29 is 4.74 Å². The van der Waals surface area contributed by atoms with E-state index in [1.807, 2.05) is 0 Å². The normalized spacial score (nSPS) is 18.1. The van der Waals surface area contributed by atoms with Crippen LogP contribution in [-0.2, 0) is 4.74 Å². The lowest BCUT2D eigenvalue weighted by Crippen LogP contribution is -2.39. The SMILES string of the molecule is [CH2+]CC(C)OC(C)(C)C(C)C(C)CCCN. The quantitative estimate of drug-likeness (QED) is 0.646. The molecule has 0 aliphatic carbocycles. The highest BCUT2D eigenvalue weighted by Crippen LogP contribution is 2.31. The molecule has 0 saturated heterocycles. The molecule has 0 saturated carbocycles. The van der Waals surface area contributed by atoms with Gasteiger partial charge in [-0.05, 0) is 52.0 Å². The average Bonchev–Trinajstić information content (AvgIpc) is 2.23. The van der Waals surface area contributed by atoms with Crippen LogP contribution >= 0.6 is 0 Å². The molecular formula is C14H30NO+. The fourth-order valence-corrected chi connectivity index (χ4v) is 2.06. The summed E-state index contributed by atoms with van der Waals surface area (Å²) in [5, 5.41) is 0. The molecule has 3 unspecified atom stereocenters. The fourth-order valence-electron chi connectivity index (χ4n) is 2.06. The van der Waals surface area contributed by atoms with Gasteiger partial charge in [-0.25, -0.2) is 0 Å². The minimum absolute atomic E-state index is 0.0783. The minimum Gasteiger partial charge on any atom is -0.368 e. The Balaban J connectivity index is 4.25. The van der Waals surface area contributed by atoms with Crippen LogP contribution in [0.4, 0.5) is 0 Å². The lowest BCUT2D eigenvalue weighted by atomic mass is 9.80. The van der Waals surface area contributed by atoms with Crippen molar-refractivity contribution in [1.29, 1.82) is 0 Å². The summed E-state index contributed by atoms with van der Waals surface area (Å²) in [6.45, 7) is 15.7. The van der Waals surface area contributed by atoms with Crippen molar-refractivity contribution in [1.82, 2.24) is 0 Å². The summed E-state index contributed by atoms with van der Waals surface area (Å²) in [6, 6.07) is 0. The van der Waals surface area contributed by atoms with Crippen LogP contribution in [-0.4, -0.2) is 18.2 Å². The molecule has 0 aromatic rings. The van der Waals surface area contributed by atoms with Crippen LogP contribution in [0.5, 0.6) is 0 Å². The highest BCUT2D eigenvalue weighted by atomic mass is 16.5. The maximum Gasteiger partial charge on any atom is 0.111 e. The smallest absolute Gasteiger partial charge is 0.111 e. The highest BCUT2D eigenvalue weighted by Gasteiger charge is 2.32. The monoisotopic (exact) mass is 228 g/mol. The number of rotatable bonds is 8. The molecule has 96 valence electrons. The molecule has 0 aliphatic rings. The molecule has 2 nitrogen and oxygen atoms in total. The molecule has 0 heterocycles. The van der Waals surface area contributed by atoms with Gasteiger partial charge < -0.3 is 10.5 Å². The molecule has 0 rings (SSSR count). The minimum atomic E-state index is -0.0783. The first-order valence-electron chi connectivity index (χ1n) is 6.52. The fraction of sp³-hybridized carbons (Fsp3) is 0.929. The first-order chi connectivity index (χ1) is 7.35. The predicted molar refractivity (Wildman–Crippen MR) is 71.2 cm³/mol. The molecule has 3 atom stereocenters. The van der Waals surface area contributed by atoms with Crippen molar-refractivity contribution in [3.8, 4) is 0 Å². The van der Waals surface area contributed by atoms with Crippen LogP contribution in [0.15, 0.2) is 0 Å².